The van der Waals surface area contributed by atoms with E-state index in [1.807, 2.05) is 31.2 Å². The fourth-order valence-electron chi connectivity index (χ4n) is 2.38. The second-order valence-electron chi connectivity index (χ2n) is 5.51. The van der Waals surface area contributed by atoms with Crippen LogP contribution in [0.3, 0.4) is 0 Å². The van der Waals surface area contributed by atoms with Gasteiger partial charge >= 0.3 is 6.03 Å². The molecule has 0 unspecified atom stereocenters. The molecule has 0 saturated heterocycles. The minimum Gasteiger partial charge on any atom is -0.338 e. The summed E-state index contributed by atoms with van der Waals surface area (Å²) in [5.74, 6) is -0.594. The predicted octanol–water partition coefficient (Wildman–Crippen LogP) is 2.87. The number of carbonyl (C=O) groups is 2. The molecule has 2 rings (SSSR count). The molecular formula is C19H22FN3O2. The van der Waals surface area contributed by atoms with Crippen LogP contribution in [0, 0.1) is 5.82 Å². The van der Waals surface area contributed by atoms with Crippen molar-refractivity contribution in [1.29, 1.82) is 0 Å². The van der Waals surface area contributed by atoms with Crippen molar-refractivity contribution in [3.63, 3.8) is 0 Å². The van der Waals surface area contributed by atoms with Gasteiger partial charge in [-0.05, 0) is 36.1 Å². The van der Waals surface area contributed by atoms with Crippen molar-refractivity contribution in [2.75, 3.05) is 18.4 Å². The molecule has 25 heavy (non-hydrogen) atoms. The van der Waals surface area contributed by atoms with E-state index in [1.165, 1.54) is 6.07 Å². The number of rotatable bonds is 7. The largest absolute Gasteiger partial charge is 0.338 e. The summed E-state index contributed by atoms with van der Waals surface area (Å²) in [6, 6.07) is 13.5. The molecule has 0 bridgehead atoms. The molecule has 0 fully saturated rings. The van der Waals surface area contributed by atoms with Gasteiger partial charge in [0.05, 0.1) is 6.54 Å². The van der Waals surface area contributed by atoms with E-state index in [4.69, 9.17) is 0 Å². The van der Waals surface area contributed by atoms with Crippen molar-refractivity contribution in [2.45, 2.75) is 19.8 Å². The lowest BCUT2D eigenvalue weighted by molar-refractivity contribution is -0.115. The highest BCUT2D eigenvalue weighted by Gasteiger charge is 2.08. The van der Waals surface area contributed by atoms with E-state index in [1.54, 1.807) is 18.2 Å². The van der Waals surface area contributed by atoms with E-state index in [0.717, 1.165) is 17.7 Å². The third kappa shape index (κ3) is 5.91. The van der Waals surface area contributed by atoms with Gasteiger partial charge in [0.25, 0.3) is 0 Å². The maximum Gasteiger partial charge on any atom is 0.315 e. The summed E-state index contributed by atoms with van der Waals surface area (Å²) in [4.78, 5) is 23.6. The molecule has 0 spiro atoms. The summed E-state index contributed by atoms with van der Waals surface area (Å²) in [6.45, 7) is 2.16. The van der Waals surface area contributed by atoms with Gasteiger partial charge in [0, 0.05) is 12.2 Å². The van der Waals surface area contributed by atoms with Gasteiger partial charge in [0.2, 0.25) is 5.91 Å². The van der Waals surface area contributed by atoms with E-state index in [2.05, 4.69) is 16.0 Å². The maximum atomic E-state index is 13.5. The number of para-hydroxylation sites is 1. The summed E-state index contributed by atoms with van der Waals surface area (Å²) in [5.41, 5.74) is 2.32. The topological polar surface area (TPSA) is 70.2 Å². The number of nitrogens with one attached hydrogen (secondary N) is 3. The first-order valence-corrected chi connectivity index (χ1v) is 8.23. The number of amides is 3. The first kappa shape index (κ1) is 18.4. The van der Waals surface area contributed by atoms with Gasteiger partial charge in [-0.2, -0.15) is 0 Å². The van der Waals surface area contributed by atoms with E-state index >= 15 is 0 Å². The van der Waals surface area contributed by atoms with Crippen molar-refractivity contribution in [2.24, 2.45) is 0 Å². The normalized spacial score (nSPS) is 10.2. The SMILES string of the molecule is CCc1ccccc1NC(=O)CNC(=O)NCCc1ccccc1F. The van der Waals surface area contributed by atoms with E-state index in [-0.39, 0.29) is 24.8 Å². The Balaban J connectivity index is 1.71. The van der Waals surface area contributed by atoms with Crippen LogP contribution in [0.5, 0.6) is 0 Å². The minimum absolute atomic E-state index is 0.135. The second kappa shape index (κ2) is 9.42. The maximum absolute atomic E-state index is 13.5. The van der Waals surface area contributed by atoms with E-state index < -0.39 is 6.03 Å². The predicted molar refractivity (Wildman–Crippen MR) is 96.0 cm³/mol. The Morgan fingerprint density at radius 2 is 1.64 bits per heavy atom. The van der Waals surface area contributed by atoms with Crippen LogP contribution in [-0.4, -0.2) is 25.0 Å². The smallest absolute Gasteiger partial charge is 0.315 e. The molecule has 6 heteroatoms. The molecule has 0 aliphatic heterocycles. The molecule has 2 aromatic carbocycles. The van der Waals surface area contributed by atoms with Crippen molar-refractivity contribution in [1.82, 2.24) is 10.6 Å². The molecule has 0 saturated carbocycles. The lowest BCUT2D eigenvalue weighted by Crippen LogP contribution is -2.40. The van der Waals surface area contributed by atoms with E-state index in [9.17, 15) is 14.0 Å². The number of aryl methyl sites for hydroxylation is 1. The van der Waals surface area contributed by atoms with Crippen LogP contribution in [0.4, 0.5) is 14.9 Å². The number of hydrogen-bond donors (Lipinski definition) is 3. The van der Waals surface area contributed by atoms with Gasteiger partial charge in [-0.25, -0.2) is 9.18 Å². The summed E-state index contributed by atoms with van der Waals surface area (Å²) in [6.07, 6.45) is 1.19. The highest BCUT2D eigenvalue weighted by molar-refractivity contribution is 5.94. The Labute approximate surface area is 146 Å². The summed E-state index contributed by atoms with van der Waals surface area (Å²) in [7, 11) is 0. The first-order chi connectivity index (χ1) is 12.1. The van der Waals surface area contributed by atoms with Crippen LogP contribution in [0.15, 0.2) is 48.5 Å². The Kier molecular flexibility index (Phi) is 6.95. The molecule has 0 atom stereocenters. The molecule has 0 heterocycles. The van der Waals surface area contributed by atoms with Gasteiger partial charge in [-0.3, -0.25) is 4.79 Å². The third-order valence-electron chi connectivity index (χ3n) is 3.72. The molecule has 0 aliphatic carbocycles. The fourth-order valence-corrected chi connectivity index (χ4v) is 2.38. The Bertz CT molecular complexity index is 734. The summed E-state index contributed by atoms with van der Waals surface area (Å²) in [5, 5.41) is 7.86. The van der Waals surface area contributed by atoms with Crippen LogP contribution in [0.1, 0.15) is 18.1 Å². The van der Waals surface area contributed by atoms with Gasteiger partial charge < -0.3 is 16.0 Å². The average Bonchev–Trinajstić information content (AvgIpc) is 2.62. The van der Waals surface area contributed by atoms with Crippen LogP contribution in [-0.2, 0) is 17.6 Å². The zero-order valence-corrected chi connectivity index (χ0v) is 14.1. The second-order valence-corrected chi connectivity index (χ2v) is 5.51. The standard InChI is InChI=1S/C19H22FN3O2/c1-2-14-7-4-6-10-17(14)23-18(24)13-22-19(25)21-12-11-15-8-3-5-9-16(15)20/h3-10H,2,11-13H2,1H3,(H,23,24)(H2,21,22,25). The minimum atomic E-state index is -0.463. The monoisotopic (exact) mass is 343 g/mol. The number of halogens is 1. The molecule has 3 N–H and O–H groups in total. The molecule has 2 aromatic rings. The molecule has 0 aliphatic rings. The highest BCUT2D eigenvalue weighted by atomic mass is 19.1. The lowest BCUT2D eigenvalue weighted by atomic mass is 10.1. The average molecular weight is 343 g/mol. The van der Waals surface area contributed by atoms with Crippen LogP contribution < -0.4 is 16.0 Å². The van der Waals surface area contributed by atoms with Crippen LogP contribution in [0.2, 0.25) is 0 Å². The number of hydrogen-bond acceptors (Lipinski definition) is 2. The lowest BCUT2D eigenvalue weighted by Gasteiger charge is -2.11. The molecular weight excluding hydrogens is 321 g/mol. The molecule has 3 amide bonds. The molecule has 0 radical (unpaired) electrons. The molecule has 0 aromatic heterocycles. The number of anilines is 1. The van der Waals surface area contributed by atoms with Crippen molar-refractivity contribution in [3.8, 4) is 0 Å². The fraction of sp³-hybridized carbons (Fsp3) is 0.263. The zero-order valence-electron chi connectivity index (χ0n) is 14.1. The van der Waals surface area contributed by atoms with Crippen molar-refractivity contribution < 1.29 is 14.0 Å². The van der Waals surface area contributed by atoms with E-state index in [0.29, 0.717) is 12.0 Å². The summed E-state index contributed by atoms with van der Waals surface area (Å²) < 4.78 is 13.5. The van der Waals surface area contributed by atoms with Gasteiger partial charge in [-0.1, -0.05) is 43.3 Å². The zero-order chi connectivity index (χ0) is 18.1. The number of urea groups is 1. The first-order valence-electron chi connectivity index (χ1n) is 8.23. The molecule has 132 valence electrons. The van der Waals surface area contributed by atoms with Crippen molar-refractivity contribution in [3.05, 3.63) is 65.5 Å². The van der Waals surface area contributed by atoms with Gasteiger partial charge in [-0.15, -0.1) is 0 Å². The Morgan fingerprint density at radius 1 is 0.960 bits per heavy atom. The quantitative estimate of drug-likeness (QED) is 0.723. The summed E-state index contributed by atoms with van der Waals surface area (Å²) >= 11 is 0. The Hall–Kier alpha value is -2.89. The van der Waals surface area contributed by atoms with Crippen LogP contribution >= 0.6 is 0 Å². The Morgan fingerprint density at radius 3 is 2.36 bits per heavy atom. The number of carbonyl (C=O) groups excluding carboxylic acids is 2. The molecule has 5 nitrogen and oxygen atoms in total. The number of benzene rings is 2. The third-order valence-corrected chi connectivity index (χ3v) is 3.72. The van der Waals surface area contributed by atoms with Gasteiger partial charge in [0.1, 0.15) is 5.82 Å². The van der Waals surface area contributed by atoms with Crippen molar-refractivity contribution >= 4 is 17.6 Å². The van der Waals surface area contributed by atoms with Gasteiger partial charge in [0.15, 0.2) is 0 Å². The highest BCUT2D eigenvalue weighted by Crippen LogP contribution is 2.14. The van der Waals surface area contributed by atoms with Crippen LogP contribution in [0.25, 0.3) is 0 Å².